The van der Waals surface area contributed by atoms with E-state index in [9.17, 15) is 4.79 Å². The fraction of sp³-hybridized carbons (Fsp3) is 0.429. The average Bonchev–Trinajstić information content (AvgIpc) is 3.19. The Bertz CT molecular complexity index is 576. The topological polar surface area (TPSA) is 74.2 Å². The Hall–Kier alpha value is -2.08. The molecule has 2 aromatic heterocycles. The summed E-state index contributed by atoms with van der Waals surface area (Å²) in [5.74, 6) is 1.20. The lowest BCUT2D eigenvalue weighted by atomic mass is 10.1. The van der Waals surface area contributed by atoms with Crippen LogP contribution < -0.4 is 5.32 Å². The van der Waals surface area contributed by atoms with Gasteiger partial charge in [-0.15, -0.1) is 0 Å². The first-order valence-electron chi connectivity index (χ1n) is 6.81. The van der Waals surface area contributed by atoms with E-state index >= 15 is 0 Å². The molecule has 6 nitrogen and oxygen atoms in total. The normalized spacial score (nSPS) is 18.6. The minimum atomic E-state index is -0.0161. The first kappa shape index (κ1) is 12.9. The second-order valence-electron chi connectivity index (χ2n) is 5.11. The molecule has 0 radical (unpaired) electrons. The van der Waals surface area contributed by atoms with Crippen molar-refractivity contribution in [1.82, 2.24) is 20.4 Å². The molecule has 0 bridgehead atoms. The van der Waals surface area contributed by atoms with Crippen LogP contribution in [0.4, 0.5) is 0 Å². The van der Waals surface area contributed by atoms with E-state index in [0.717, 1.165) is 31.7 Å². The molecular weight excluding hydrogens is 256 g/mol. The van der Waals surface area contributed by atoms with Gasteiger partial charge in [0.05, 0.1) is 6.26 Å². The highest BCUT2D eigenvalue weighted by Crippen LogP contribution is 2.21. The Morgan fingerprint density at radius 2 is 2.55 bits per heavy atom. The average molecular weight is 274 g/mol. The molecule has 1 unspecified atom stereocenters. The molecule has 106 valence electrons. The number of aromatic amines is 1. The molecule has 0 saturated carbocycles. The van der Waals surface area contributed by atoms with Gasteiger partial charge in [0.25, 0.3) is 5.91 Å². The van der Waals surface area contributed by atoms with Gasteiger partial charge in [0, 0.05) is 19.2 Å². The molecule has 20 heavy (non-hydrogen) atoms. The number of hydrogen-bond acceptors (Lipinski definition) is 4. The highest BCUT2D eigenvalue weighted by atomic mass is 16.3. The zero-order chi connectivity index (χ0) is 13.9. The highest BCUT2D eigenvalue weighted by molar-refractivity contribution is 5.93. The van der Waals surface area contributed by atoms with Crippen LogP contribution in [-0.4, -0.2) is 47.7 Å². The molecule has 0 spiro atoms. The number of hydrogen-bond donors (Lipinski definition) is 2. The number of carbonyl (C=O) groups excluding carboxylic acids is 1. The lowest BCUT2D eigenvalue weighted by molar-refractivity contribution is 0.0781. The van der Waals surface area contributed by atoms with Gasteiger partial charge in [-0.3, -0.25) is 9.89 Å². The summed E-state index contributed by atoms with van der Waals surface area (Å²) in [5.41, 5.74) is 1.17. The monoisotopic (exact) mass is 274 g/mol. The Labute approximate surface area is 117 Å². The molecule has 1 aliphatic heterocycles. The van der Waals surface area contributed by atoms with E-state index in [-0.39, 0.29) is 5.91 Å². The van der Waals surface area contributed by atoms with Crippen molar-refractivity contribution in [3.63, 3.8) is 0 Å². The lowest BCUT2D eigenvalue weighted by Crippen LogP contribution is -2.30. The van der Waals surface area contributed by atoms with Crippen LogP contribution >= 0.6 is 0 Å². The molecule has 2 N–H and O–H groups in total. The maximum Gasteiger partial charge on any atom is 0.274 e. The van der Waals surface area contributed by atoms with E-state index in [1.165, 1.54) is 0 Å². The minimum Gasteiger partial charge on any atom is -0.463 e. The van der Waals surface area contributed by atoms with Crippen LogP contribution in [0.3, 0.4) is 0 Å². The third kappa shape index (κ3) is 2.46. The Kier molecular flexibility index (Phi) is 3.56. The summed E-state index contributed by atoms with van der Waals surface area (Å²) in [6.07, 6.45) is 2.64. The first-order valence-corrected chi connectivity index (χ1v) is 6.81. The molecule has 1 atom stereocenters. The van der Waals surface area contributed by atoms with Gasteiger partial charge in [0.1, 0.15) is 5.69 Å². The summed E-state index contributed by atoms with van der Waals surface area (Å²) in [5, 5.41) is 10.1. The zero-order valence-electron chi connectivity index (χ0n) is 11.4. The van der Waals surface area contributed by atoms with Crippen LogP contribution in [0, 0.1) is 5.92 Å². The SMILES string of the molecule is CNCC1CCN(C(=O)c2cc(-c3ccco3)[nH]n2)C1. The predicted molar refractivity (Wildman–Crippen MR) is 74.2 cm³/mol. The van der Waals surface area contributed by atoms with E-state index in [0.29, 0.717) is 17.4 Å². The maximum atomic E-state index is 12.4. The minimum absolute atomic E-state index is 0.0161. The van der Waals surface area contributed by atoms with Gasteiger partial charge in [-0.2, -0.15) is 5.10 Å². The Morgan fingerprint density at radius 3 is 3.30 bits per heavy atom. The van der Waals surface area contributed by atoms with E-state index < -0.39 is 0 Å². The molecule has 1 aliphatic rings. The molecule has 6 heteroatoms. The van der Waals surface area contributed by atoms with Crippen LogP contribution in [0.1, 0.15) is 16.9 Å². The predicted octanol–water partition coefficient (Wildman–Crippen LogP) is 1.35. The number of aromatic nitrogens is 2. The number of furan rings is 1. The molecule has 2 aromatic rings. The summed E-state index contributed by atoms with van der Waals surface area (Å²) < 4.78 is 5.28. The van der Waals surface area contributed by atoms with Gasteiger partial charge in [-0.1, -0.05) is 0 Å². The van der Waals surface area contributed by atoms with Crippen LogP contribution in [-0.2, 0) is 0 Å². The van der Waals surface area contributed by atoms with Gasteiger partial charge in [0.2, 0.25) is 0 Å². The van der Waals surface area contributed by atoms with Crippen molar-refractivity contribution in [3.8, 4) is 11.5 Å². The molecule has 3 rings (SSSR count). The van der Waals surface area contributed by atoms with Gasteiger partial charge in [0.15, 0.2) is 11.5 Å². The molecule has 1 amide bonds. The number of H-pyrrole nitrogens is 1. The fourth-order valence-corrected chi connectivity index (χ4v) is 2.62. The maximum absolute atomic E-state index is 12.4. The van der Waals surface area contributed by atoms with Gasteiger partial charge in [-0.25, -0.2) is 0 Å². The van der Waals surface area contributed by atoms with E-state index in [4.69, 9.17) is 4.42 Å². The number of likely N-dealkylation sites (tertiary alicyclic amines) is 1. The Balaban J connectivity index is 1.69. The summed E-state index contributed by atoms with van der Waals surface area (Å²) in [6, 6.07) is 5.38. The Morgan fingerprint density at radius 1 is 1.65 bits per heavy atom. The van der Waals surface area contributed by atoms with Crippen LogP contribution in [0.2, 0.25) is 0 Å². The number of amides is 1. The largest absolute Gasteiger partial charge is 0.463 e. The van der Waals surface area contributed by atoms with Crippen molar-refractivity contribution in [2.75, 3.05) is 26.7 Å². The van der Waals surface area contributed by atoms with Crippen molar-refractivity contribution in [2.24, 2.45) is 5.92 Å². The standard InChI is InChI=1S/C14H18N4O2/c1-15-8-10-4-5-18(9-10)14(19)12-7-11(16-17-12)13-3-2-6-20-13/h2-3,6-7,10,15H,4-5,8-9H2,1H3,(H,16,17). The lowest BCUT2D eigenvalue weighted by Gasteiger charge is -2.14. The van der Waals surface area contributed by atoms with Gasteiger partial charge in [-0.05, 0) is 38.1 Å². The quantitative estimate of drug-likeness (QED) is 0.882. The third-order valence-corrected chi connectivity index (χ3v) is 3.65. The van der Waals surface area contributed by atoms with E-state index in [2.05, 4.69) is 15.5 Å². The number of nitrogens with zero attached hydrogens (tertiary/aromatic N) is 2. The van der Waals surface area contributed by atoms with Crippen molar-refractivity contribution in [2.45, 2.75) is 6.42 Å². The smallest absolute Gasteiger partial charge is 0.274 e. The van der Waals surface area contributed by atoms with Crippen LogP contribution in [0.25, 0.3) is 11.5 Å². The second-order valence-corrected chi connectivity index (χ2v) is 5.11. The first-order chi connectivity index (χ1) is 9.78. The van der Waals surface area contributed by atoms with Gasteiger partial charge < -0.3 is 14.6 Å². The van der Waals surface area contributed by atoms with Crippen LogP contribution in [0.15, 0.2) is 28.9 Å². The van der Waals surface area contributed by atoms with Crippen molar-refractivity contribution >= 4 is 5.91 Å². The van der Waals surface area contributed by atoms with Crippen molar-refractivity contribution < 1.29 is 9.21 Å². The summed E-state index contributed by atoms with van der Waals surface area (Å²) in [4.78, 5) is 14.2. The summed E-state index contributed by atoms with van der Waals surface area (Å²) in [6.45, 7) is 2.54. The van der Waals surface area contributed by atoms with Crippen molar-refractivity contribution in [1.29, 1.82) is 0 Å². The molecule has 0 aromatic carbocycles. The molecule has 0 aliphatic carbocycles. The molecule has 1 fully saturated rings. The van der Waals surface area contributed by atoms with Crippen LogP contribution in [0.5, 0.6) is 0 Å². The highest BCUT2D eigenvalue weighted by Gasteiger charge is 2.27. The molecule has 1 saturated heterocycles. The fourth-order valence-electron chi connectivity index (χ4n) is 2.62. The molecule has 3 heterocycles. The number of carbonyl (C=O) groups is 1. The van der Waals surface area contributed by atoms with Gasteiger partial charge >= 0.3 is 0 Å². The molecular formula is C14H18N4O2. The summed E-state index contributed by atoms with van der Waals surface area (Å²) in [7, 11) is 1.94. The second kappa shape index (κ2) is 5.50. The number of rotatable bonds is 4. The van der Waals surface area contributed by atoms with Crippen molar-refractivity contribution in [3.05, 3.63) is 30.2 Å². The summed E-state index contributed by atoms with van der Waals surface area (Å²) >= 11 is 0. The van der Waals surface area contributed by atoms with E-state index in [1.807, 2.05) is 18.0 Å². The zero-order valence-corrected chi connectivity index (χ0v) is 11.4. The van der Waals surface area contributed by atoms with E-state index in [1.54, 1.807) is 18.4 Å². The number of nitrogens with one attached hydrogen (secondary N) is 2. The third-order valence-electron chi connectivity index (χ3n) is 3.65.